The lowest BCUT2D eigenvalue weighted by atomic mass is 10.1. The van der Waals surface area contributed by atoms with Crippen molar-refractivity contribution in [1.82, 2.24) is 10.2 Å². The summed E-state index contributed by atoms with van der Waals surface area (Å²) in [5.74, 6) is 0. The average molecular weight is 225 g/mol. The molecule has 16 heavy (non-hydrogen) atoms. The molecule has 0 spiro atoms. The summed E-state index contributed by atoms with van der Waals surface area (Å²) in [7, 11) is 0. The standard InChI is InChI=1S/C14H29N2/c1-2-3-4-5-6-7-8-9-12-16-13-10-15-11-14-16/h2-14H2,1H3. The SMILES string of the molecule is CCCCCCCCCCN1CC[N]CC1. The average Bonchev–Trinajstić information content (AvgIpc) is 2.34. The van der Waals surface area contributed by atoms with Crippen LogP contribution in [0.25, 0.3) is 0 Å². The van der Waals surface area contributed by atoms with Crippen LogP contribution >= 0.6 is 0 Å². The third-order valence-electron chi connectivity index (χ3n) is 3.48. The van der Waals surface area contributed by atoms with Gasteiger partial charge in [-0.3, -0.25) is 0 Å². The van der Waals surface area contributed by atoms with Gasteiger partial charge in [-0.25, -0.2) is 5.32 Å². The molecular formula is C14H29N2. The molecule has 0 aromatic rings. The molecule has 0 unspecified atom stereocenters. The highest BCUT2D eigenvalue weighted by Gasteiger charge is 2.08. The molecule has 95 valence electrons. The van der Waals surface area contributed by atoms with Crippen molar-refractivity contribution >= 4 is 0 Å². The summed E-state index contributed by atoms with van der Waals surface area (Å²) in [5.41, 5.74) is 0. The molecule has 0 amide bonds. The van der Waals surface area contributed by atoms with Gasteiger partial charge in [0, 0.05) is 26.2 Å². The molecule has 1 saturated heterocycles. The molecule has 0 aromatic heterocycles. The van der Waals surface area contributed by atoms with E-state index in [1.807, 2.05) is 0 Å². The van der Waals surface area contributed by atoms with Gasteiger partial charge in [-0.1, -0.05) is 51.9 Å². The summed E-state index contributed by atoms with van der Waals surface area (Å²) >= 11 is 0. The van der Waals surface area contributed by atoms with Crippen molar-refractivity contribution in [3.63, 3.8) is 0 Å². The quantitative estimate of drug-likeness (QED) is 0.551. The first-order valence-corrected chi connectivity index (χ1v) is 7.29. The zero-order valence-corrected chi connectivity index (χ0v) is 11.1. The Morgan fingerprint density at radius 2 is 1.38 bits per heavy atom. The van der Waals surface area contributed by atoms with Crippen LogP contribution in [0.4, 0.5) is 0 Å². The van der Waals surface area contributed by atoms with Gasteiger partial charge < -0.3 is 4.90 Å². The molecule has 0 aliphatic carbocycles. The van der Waals surface area contributed by atoms with E-state index in [1.165, 1.54) is 71.0 Å². The summed E-state index contributed by atoms with van der Waals surface area (Å²) in [6.07, 6.45) is 11.4. The normalized spacial score (nSPS) is 17.8. The van der Waals surface area contributed by atoms with Crippen molar-refractivity contribution < 1.29 is 0 Å². The Hall–Kier alpha value is -0.0800. The lowest BCUT2D eigenvalue weighted by Gasteiger charge is -2.26. The second-order valence-electron chi connectivity index (χ2n) is 4.99. The maximum atomic E-state index is 4.37. The van der Waals surface area contributed by atoms with Crippen LogP contribution in [0.15, 0.2) is 0 Å². The van der Waals surface area contributed by atoms with E-state index in [2.05, 4.69) is 17.1 Å². The third-order valence-corrected chi connectivity index (χ3v) is 3.48. The highest BCUT2D eigenvalue weighted by molar-refractivity contribution is 4.66. The Labute approximate surface area is 102 Å². The van der Waals surface area contributed by atoms with Crippen LogP contribution in [0.3, 0.4) is 0 Å². The predicted octanol–water partition coefficient (Wildman–Crippen LogP) is 3.05. The smallest absolute Gasteiger partial charge is 0.0261 e. The predicted molar refractivity (Wildman–Crippen MR) is 70.9 cm³/mol. The molecule has 0 N–H and O–H groups in total. The summed E-state index contributed by atoms with van der Waals surface area (Å²) in [4.78, 5) is 2.57. The summed E-state index contributed by atoms with van der Waals surface area (Å²) in [5, 5.41) is 4.37. The van der Waals surface area contributed by atoms with Crippen molar-refractivity contribution in [3.05, 3.63) is 0 Å². The molecular weight excluding hydrogens is 196 g/mol. The fourth-order valence-electron chi connectivity index (χ4n) is 2.34. The molecule has 2 heteroatoms. The first-order valence-electron chi connectivity index (χ1n) is 7.29. The zero-order valence-electron chi connectivity index (χ0n) is 11.1. The number of unbranched alkanes of at least 4 members (excludes halogenated alkanes) is 7. The van der Waals surface area contributed by atoms with Gasteiger partial charge in [-0.15, -0.1) is 0 Å². The van der Waals surface area contributed by atoms with Gasteiger partial charge in [-0.2, -0.15) is 0 Å². The first-order chi connectivity index (χ1) is 7.93. The van der Waals surface area contributed by atoms with Crippen LogP contribution in [-0.2, 0) is 0 Å². The molecule has 1 aliphatic rings. The van der Waals surface area contributed by atoms with Crippen molar-refractivity contribution in [2.24, 2.45) is 0 Å². The Morgan fingerprint density at radius 3 is 2.00 bits per heavy atom. The maximum Gasteiger partial charge on any atom is 0.0261 e. The number of nitrogens with zero attached hydrogens (tertiary/aromatic N) is 2. The van der Waals surface area contributed by atoms with E-state index in [0.717, 1.165) is 13.1 Å². The van der Waals surface area contributed by atoms with Gasteiger partial charge in [-0.05, 0) is 13.0 Å². The number of hydrogen-bond acceptors (Lipinski definition) is 1. The van der Waals surface area contributed by atoms with Gasteiger partial charge in [0.1, 0.15) is 0 Å². The van der Waals surface area contributed by atoms with Gasteiger partial charge in [0.15, 0.2) is 0 Å². The van der Waals surface area contributed by atoms with Crippen LogP contribution in [-0.4, -0.2) is 37.6 Å². The summed E-state index contributed by atoms with van der Waals surface area (Å²) in [6.45, 7) is 8.14. The Balaban J connectivity index is 1.77. The van der Waals surface area contributed by atoms with Crippen molar-refractivity contribution in [3.8, 4) is 0 Å². The van der Waals surface area contributed by atoms with E-state index in [1.54, 1.807) is 0 Å². The lowest BCUT2D eigenvalue weighted by Crippen LogP contribution is -2.40. The van der Waals surface area contributed by atoms with Crippen LogP contribution in [0, 0.1) is 0 Å². The number of rotatable bonds is 9. The fourth-order valence-corrected chi connectivity index (χ4v) is 2.34. The molecule has 1 aliphatic heterocycles. The van der Waals surface area contributed by atoms with Crippen LogP contribution in [0.1, 0.15) is 58.3 Å². The molecule has 0 saturated carbocycles. The van der Waals surface area contributed by atoms with E-state index in [9.17, 15) is 0 Å². The largest absolute Gasteiger partial charge is 0.301 e. The van der Waals surface area contributed by atoms with Gasteiger partial charge in [0.25, 0.3) is 0 Å². The molecule has 0 bridgehead atoms. The van der Waals surface area contributed by atoms with Gasteiger partial charge >= 0.3 is 0 Å². The van der Waals surface area contributed by atoms with Crippen LogP contribution < -0.4 is 5.32 Å². The molecule has 1 heterocycles. The highest BCUT2D eigenvalue weighted by Crippen LogP contribution is 2.09. The maximum absolute atomic E-state index is 4.37. The molecule has 0 atom stereocenters. The highest BCUT2D eigenvalue weighted by atomic mass is 15.2. The van der Waals surface area contributed by atoms with Crippen molar-refractivity contribution in [1.29, 1.82) is 0 Å². The van der Waals surface area contributed by atoms with E-state index in [0.29, 0.717) is 0 Å². The monoisotopic (exact) mass is 225 g/mol. The van der Waals surface area contributed by atoms with Crippen LogP contribution in [0.5, 0.6) is 0 Å². The third kappa shape index (κ3) is 7.24. The summed E-state index contributed by atoms with van der Waals surface area (Å²) in [6, 6.07) is 0. The topological polar surface area (TPSA) is 17.3 Å². The lowest BCUT2D eigenvalue weighted by molar-refractivity contribution is 0.233. The van der Waals surface area contributed by atoms with Gasteiger partial charge in [0.2, 0.25) is 0 Å². The van der Waals surface area contributed by atoms with E-state index < -0.39 is 0 Å². The second-order valence-corrected chi connectivity index (χ2v) is 4.99. The Bertz CT molecular complexity index is 142. The number of hydrogen-bond donors (Lipinski definition) is 0. The molecule has 2 nitrogen and oxygen atoms in total. The molecule has 1 fully saturated rings. The fraction of sp³-hybridized carbons (Fsp3) is 1.00. The van der Waals surface area contributed by atoms with Gasteiger partial charge in [0.05, 0.1) is 0 Å². The zero-order chi connectivity index (χ0) is 11.5. The van der Waals surface area contributed by atoms with E-state index in [4.69, 9.17) is 0 Å². The van der Waals surface area contributed by atoms with Crippen molar-refractivity contribution in [2.45, 2.75) is 58.3 Å². The van der Waals surface area contributed by atoms with Crippen LogP contribution in [0.2, 0.25) is 0 Å². The second kappa shape index (κ2) is 10.1. The minimum absolute atomic E-state index is 1.07. The molecule has 0 aromatic carbocycles. The molecule has 1 radical (unpaired) electrons. The van der Waals surface area contributed by atoms with E-state index in [-0.39, 0.29) is 0 Å². The first kappa shape index (κ1) is 14.0. The summed E-state index contributed by atoms with van der Waals surface area (Å²) < 4.78 is 0. The van der Waals surface area contributed by atoms with E-state index >= 15 is 0 Å². The minimum Gasteiger partial charge on any atom is -0.301 e. The Kier molecular flexibility index (Phi) is 8.83. The number of piperazine rings is 1. The minimum atomic E-state index is 1.07. The Morgan fingerprint density at radius 1 is 0.812 bits per heavy atom. The van der Waals surface area contributed by atoms with Crippen molar-refractivity contribution in [2.75, 3.05) is 32.7 Å². The molecule has 1 rings (SSSR count).